The largest absolute Gasteiger partial charge is 0.325 e. The van der Waals surface area contributed by atoms with Gasteiger partial charge in [0.1, 0.15) is 6.04 Å². The Balaban J connectivity index is 2.18. The third kappa shape index (κ3) is 1.71. The summed E-state index contributed by atoms with van der Waals surface area (Å²) in [5.74, 6) is 0.0129. The van der Waals surface area contributed by atoms with Crippen LogP contribution in [-0.4, -0.2) is 42.0 Å². The number of nitrogens with zero attached hydrogens (tertiary/aromatic N) is 1. The number of imide groups is 1. The van der Waals surface area contributed by atoms with E-state index in [1.807, 2.05) is 13.8 Å². The Morgan fingerprint density at radius 2 is 2.13 bits per heavy atom. The summed E-state index contributed by atoms with van der Waals surface area (Å²) in [4.78, 5) is 25.0. The van der Waals surface area contributed by atoms with Gasteiger partial charge in [-0.2, -0.15) is 0 Å². The number of carbonyl (C=O) groups is 2. The molecule has 2 heterocycles. The summed E-state index contributed by atoms with van der Waals surface area (Å²) in [5.41, 5.74) is 0. The van der Waals surface area contributed by atoms with Crippen molar-refractivity contribution in [1.82, 2.24) is 15.5 Å². The van der Waals surface area contributed by atoms with E-state index < -0.39 is 0 Å². The van der Waals surface area contributed by atoms with E-state index in [4.69, 9.17) is 0 Å². The van der Waals surface area contributed by atoms with Crippen molar-refractivity contribution in [2.45, 2.75) is 32.4 Å². The molecule has 0 aliphatic carbocycles. The van der Waals surface area contributed by atoms with Crippen molar-refractivity contribution in [2.24, 2.45) is 5.92 Å². The van der Waals surface area contributed by atoms with E-state index in [-0.39, 0.29) is 29.9 Å². The highest BCUT2D eigenvalue weighted by Gasteiger charge is 2.44. The maximum absolute atomic E-state index is 11.7. The Morgan fingerprint density at radius 1 is 1.40 bits per heavy atom. The number of amides is 3. The van der Waals surface area contributed by atoms with Gasteiger partial charge in [-0.05, 0) is 18.9 Å². The Morgan fingerprint density at radius 3 is 2.67 bits per heavy atom. The molecule has 0 aromatic heterocycles. The molecule has 0 radical (unpaired) electrons. The van der Waals surface area contributed by atoms with E-state index in [0.29, 0.717) is 0 Å². The van der Waals surface area contributed by atoms with Gasteiger partial charge >= 0.3 is 6.03 Å². The van der Waals surface area contributed by atoms with Gasteiger partial charge in [0.05, 0.1) is 0 Å². The molecule has 2 aliphatic rings. The Labute approximate surface area is 89.2 Å². The minimum atomic E-state index is -0.289. The van der Waals surface area contributed by atoms with E-state index in [9.17, 15) is 9.59 Å². The first kappa shape index (κ1) is 10.4. The fourth-order valence-electron chi connectivity index (χ4n) is 2.39. The van der Waals surface area contributed by atoms with Crippen LogP contribution in [0.2, 0.25) is 0 Å². The molecule has 0 aromatic carbocycles. The molecule has 0 bridgehead atoms. The fraction of sp³-hybridized carbons (Fsp3) is 0.800. The normalized spacial score (nSPS) is 31.5. The number of urea groups is 1. The Kier molecular flexibility index (Phi) is 2.65. The van der Waals surface area contributed by atoms with Gasteiger partial charge in [0, 0.05) is 12.6 Å². The molecule has 0 spiro atoms. The highest BCUT2D eigenvalue weighted by Crippen LogP contribution is 2.22. The molecule has 2 fully saturated rings. The Bertz CT molecular complexity index is 284. The molecule has 3 amide bonds. The van der Waals surface area contributed by atoms with Gasteiger partial charge in [0.15, 0.2) is 0 Å². The lowest BCUT2D eigenvalue weighted by Crippen LogP contribution is -2.46. The van der Waals surface area contributed by atoms with Crippen molar-refractivity contribution in [3.63, 3.8) is 0 Å². The molecule has 5 heteroatoms. The molecule has 2 aliphatic heterocycles. The fourth-order valence-corrected chi connectivity index (χ4v) is 2.39. The molecule has 84 valence electrons. The number of hydrogen-bond acceptors (Lipinski definition) is 3. The zero-order valence-electron chi connectivity index (χ0n) is 9.12. The van der Waals surface area contributed by atoms with Crippen LogP contribution in [-0.2, 0) is 4.79 Å². The average molecular weight is 211 g/mol. The minimum absolute atomic E-state index is 0.151. The van der Waals surface area contributed by atoms with Gasteiger partial charge in [-0.1, -0.05) is 13.8 Å². The van der Waals surface area contributed by atoms with Crippen molar-refractivity contribution in [1.29, 1.82) is 0 Å². The molecule has 2 unspecified atom stereocenters. The van der Waals surface area contributed by atoms with E-state index >= 15 is 0 Å². The first-order valence-corrected chi connectivity index (χ1v) is 5.45. The highest BCUT2D eigenvalue weighted by molar-refractivity contribution is 6.04. The van der Waals surface area contributed by atoms with Gasteiger partial charge in [-0.3, -0.25) is 10.1 Å². The summed E-state index contributed by atoms with van der Waals surface area (Å²) in [6, 6.07) is -0.348. The highest BCUT2D eigenvalue weighted by atomic mass is 16.2. The summed E-state index contributed by atoms with van der Waals surface area (Å²) in [7, 11) is 0. The van der Waals surface area contributed by atoms with Crippen LogP contribution in [0, 0.1) is 5.92 Å². The second-order valence-corrected chi connectivity index (χ2v) is 4.54. The molecule has 0 saturated carbocycles. The molecule has 5 nitrogen and oxygen atoms in total. The molecule has 0 aromatic rings. The van der Waals surface area contributed by atoms with E-state index in [2.05, 4.69) is 10.6 Å². The first-order valence-electron chi connectivity index (χ1n) is 5.45. The number of rotatable bonds is 2. The van der Waals surface area contributed by atoms with Gasteiger partial charge in [-0.25, -0.2) is 4.79 Å². The number of hydrogen-bond donors (Lipinski definition) is 2. The maximum atomic E-state index is 11.7. The van der Waals surface area contributed by atoms with Gasteiger partial charge in [0.25, 0.3) is 5.91 Å². The molecular formula is C10H17N3O2. The smallest absolute Gasteiger partial charge is 0.315 e. The summed E-state index contributed by atoms with van der Waals surface area (Å²) in [5, 5.41) is 5.61. The van der Waals surface area contributed by atoms with Crippen molar-refractivity contribution < 1.29 is 9.59 Å². The van der Waals surface area contributed by atoms with Crippen LogP contribution < -0.4 is 10.6 Å². The molecule has 2 atom stereocenters. The summed E-state index contributed by atoms with van der Waals surface area (Å²) in [6.45, 7) is 5.66. The van der Waals surface area contributed by atoms with Crippen molar-refractivity contribution in [3.8, 4) is 0 Å². The topological polar surface area (TPSA) is 61.4 Å². The molecule has 2 N–H and O–H groups in total. The van der Waals surface area contributed by atoms with Gasteiger partial charge in [-0.15, -0.1) is 0 Å². The molecule has 2 saturated heterocycles. The predicted octanol–water partition coefficient (Wildman–Crippen LogP) is -0.0753. The second kappa shape index (κ2) is 3.81. The predicted molar refractivity (Wildman–Crippen MR) is 55.3 cm³/mol. The Hall–Kier alpha value is -1.10. The number of carbonyl (C=O) groups excluding carboxylic acids is 2. The van der Waals surface area contributed by atoms with Crippen LogP contribution in [0.1, 0.15) is 20.3 Å². The van der Waals surface area contributed by atoms with Gasteiger partial charge in [0.2, 0.25) is 0 Å². The van der Waals surface area contributed by atoms with E-state index in [1.54, 1.807) is 4.90 Å². The van der Waals surface area contributed by atoms with E-state index in [0.717, 1.165) is 19.5 Å². The van der Waals surface area contributed by atoms with Crippen molar-refractivity contribution in [2.75, 3.05) is 13.1 Å². The zero-order chi connectivity index (χ0) is 11.0. The van der Waals surface area contributed by atoms with Crippen LogP contribution in [0.25, 0.3) is 0 Å². The lowest BCUT2D eigenvalue weighted by atomic mass is 10.0. The lowest BCUT2D eigenvalue weighted by Gasteiger charge is -2.29. The van der Waals surface area contributed by atoms with Crippen molar-refractivity contribution >= 4 is 11.9 Å². The molecular weight excluding hydrogens is 194 g/mol. The first-order chi connectivity index (χ1) is 7.11. The summed E-state index contributed by atoms with van der Waals surface area (Å²) in [6.07, 6.45) is 0.934. The number of nitrogens with one attached hydrogen (secondary N) is 2. The molecule has 15 heavy (non-hydrogen) atoms. The van der Waals surface area contributed by atoms with E-state index in [1.165, 1.54) is 0 Å². The summed E-state index contributed by atoms with van der Waals surface area (Å²) < 4.78 is 0. The van der Waals surface area contributed by atoms with Crippen LogP contribution in [0.15, 0.2) is 0 Å². The minimum Gasteiger partial charge on any atom is -0.315 e. The van der Waals surface area contributed by atoms with Crippen LogP contribution in [0.4, 0.5) is 4.79 Å². The molecule has 2 rings (SSSR count). The maximum Gasteiger partial charge on any atom is 0.325 e. The zero-order valence-corrected chi connectivity index (χ0v) is 9.12. The average Bonchev–Trinajstić information content (AvgIpc) is 2.71. The van der Waals surface area contributed by atoms with Crippen LogP contribution >= 0.6 is 0 Å². The second-order valence-electron chi connectivity index (χ2n) is 4.54. The quantitative estimate of drug-likeness (QED) is 0.628. The SMILES string of the molecule is CC(C)C1C(=O)NC(=O)N1C1CCNC1. The lowest BCUT2D eigenvalue weighted by molar-refractivity contribution is -0.122. The standard InChI is InChI=1S/C10H17N3O2/c1-6(2)8-9(14)12-10(15)13(8)7-3-4-11-5-7/h6-8,11H,3-5H2,1-2H3,(H,12,14,15). The van der Waals surface area contributed by atoms with Gasteiger partial charge < -0.3 is 10.2 Å². The monoisotopic (exact) mass is 211 g/mol. The van der Waals surface area contributed by atoms with Crippen LogP contribution in [0.5, 0.6) is 0 Å². The third-order valence-corrected chi connectivity index (χ3v) is 3.09. The summed E-state index contributed by atoms with van der Waals surface area (Å²) >= 11 is 0. The third-order valence-electron chi connectivity index (χ3n) is 3.09. The van der Waals surface area contributed by atoms with Crippen molar-refractivity contribution in [3.05, 3.63) is 0 Å². The van der Waals surface area contributed by atoms with Crippen LogP contribution in [0.3, 0.4) is 0 Å².